The van der Waals surface area contributed by atoms with Gasteiger partial charge in [-0.05, 0) is 29.5 Å². The predicted molar refractivity (Wildman–Crippen MR) is 78.9 cm³/mol. The normalized spacial score (nSPS) is 10.1. The molecule has 0 atom stereocenters. The van der Waals surface area contributed by atoms with Crippen LogP contribution in [0.3, 0.4) is 0 Å². The van der Waals surface area contributed by atoms with Crippen molar-refractivity contribution in [2.24, 2.45) is 0 Å². The van der Waals surface area contributed by atoms with Crippen molar-refractivity contribution in [3.63, 3.8) is 0 Å². The fourth-order valence-corrected chi connectivity index (χ4v) is 1.85. The van der Waals surface area contributed by atoms with Gasteiger partial charge in [-0.25, -0.2) is 4.79 Å². The first kappa shape index (κ1) is 14.8. The number of pyridine rings is 1. The number of nitrogens with zero attached hydrogens (tertiary/aromatic N) is 1. The van der Waals surface area contributed by atoms with Crippen molar-refractivity contribution in [3.05, 3.63) is 42.2 Å². The Morgan fingerprint density at radius 3 is 2.90 bits per heavy atom. The average molecular weight is 287 g/mol. The predicted octanol–water partition coefficient (Wildman–Crippen LogP) is 1.25. The van der Waals surface area contributed by atoms with E-state index in [0.29, 0.717) is 13.0 Å². The monoisotopic (exact) mass is 287 g/mol. The summed E-state index contributed by atoms with van der Waals surface area (Å²) in [5, 5.41) is 7.17. The molecule has 6 heteroatoms. The molecule has 0 aliphatic rings. The van der Waals surface area contributed by atoms with E-state index >= 15 is 0 Å². The van der Waals surface area contributed by atoms with E-state index in [1.165, 1.54) is 7.05 Å². The van der Waals surface area contributed by atoms with E-state index in [-0.39, 0.29) is 12.5 Å². The van der Waals surface area contributed by atoms with Gasteiger partial charge in [0, 0.05) is 31.4 Å². The quantitative estimate of drug-likeness (QED) is 0.867. The molecule has 0 spiro atoms. The van der Waals surface area contributed by atoms with Crippen LogP contribution in [-0.4, -0.2) is 37.2 Å². The number of nitrogens with one attached hydrogen (secondary N) is 2. The van der Waals surface area contributed by atoms with Crippen LogP contribution < -0.4 is 10.6 Å². The van der Waals surface area contributed by atoms with Gasteiger partial charge in [0.05, 0.1) is 0 Å². The average Bonchev–Trinajstić information content (AvgIpc) is 2.52. The van der Waals surface area contributed by atoms with Crippen LogP contribution in [0.4, 0.5) is 4.79 Å². The number of fused-ring (bicyclic) bond motifs is 1. The second-order valence-corrected chi connectivity index (χ2v) is 4.48. The molecule has 2 N–H and O–H groups in total. The van der Waals surface area contributed by atoms with E-state index in [2.05, 4.69) is 15.6 Å². The van der Waals surface area contributed by atoms with Crippen molar-refractivity contribution < 1.29 is 14.3 Å². The number of hydrogen-bond acceptors (Lipinski definition) is 4. The Morgan fingerprint density at radius 1 is 1.24 bits per heavy atom. The third kappa shape index (κ3) is 4.45. The van der Waals surface area contributed by atoms with Gasteiger partial charge in [-0.1, -0.05) is 12.1 Å². The molecule has 0 unspecified atom stereocenters. The molecule has 1 aromatic carbocycles. The number of aromatic nitrogens is 1. The summed E-state index contributed by atoms with van der Waals surface area (Å²) in [5.74, 6) is -0.341. The van der Waals surface area contributed by atoms with Gasteiger partial charge in [-0.3, -0.25) is 9.78 Å². The maximum atomic E-state index is 11.3. The van der Waals surface area contributed by atoms with E-state index < -0.39 is 6.09 Å². The highest BCUT2D eigenvalue weighted by Crippen LogP contribution is 2.14. The first-order chi connectivity index (χ1) is 10.2. The molecule has 0 aliphatic carbocycles. The molecule has 0 saturated carbocycles. The maximum Gasteiger partial charge on any atom is 0.407 e. The lowest BCUT2D eigenvalue weighted by molar-refractivity contribution is -0.123. The molecular formula is C15H17N3O3. The second kappa shape index (κ2) is 7.23. The van der Waals surface area contributed by atoms with Gasteiger partial charge < -0.3 is 15.4 Å². The highest BCUT2D eigenvalue weighted by atomic mass is 16.6. The highest BCUT2D eigenvalue weighted by molar-refractivity contribution is 5.82. The minimum atomic E-state index is -0.596. The minimum Gasteiger partial charge on any atom is -0.439 e. The molecule has 110 valence electrons. The Morgan fingerprint density at radius 2 is 2.10 bits per heavy atom. The Balaban J connectivity index is 1.79. The van der Waals surface area contributed by atoms with Gasteiger partial charge in [0.1, 0.15) is 0 Å². The van der Waals surface area contributed by atoms with Crippen molar-refractivity contribution >= 4 is 22.8 Å². The summed E-state index contributed by atoms with van der Waals surface area (Å²) >= 11 is 0. The molecule has 0 bridgehead atoms. The number of carbonyl (C=O) groups is 2. The van der Waals surface area contributed by atoms with Gasteiger partial charge in [-0.2, -0.15) is 0 Å². The summed E-state index contributed by atoms with van der Waals surface area (Å²) in [6.07, 6.45) is 3.65. The zero-order valence-electron chi connectivity index (χ0n) is 11.8. The summed E-state index contributed by atoms with van der Waals surface area (Å²) in [5.41, 5.74) is 1.10. The van der Waals surface area contributed by atoms with Gasteiger partial charge in [0.15, 0.2) is 6.61 Å². The molecular weight excluding hydrogens is 270 g/mol. The summed E-state index contributed by atoms with van der Waals surface area (Å²) < 4.78 is 4.73. The molecule has 2 aromatic rings. The Hall–Kier alpha value is -2.63. The zero-order chi connectivity index (χ0) is 15.1. The Bertz CT molecular complexity index is 643. The van der Waals surface area contributed by atoms with Crippen LogP contribution >= 0.6 is 0 Å². The summed E-state index contributed by atoms with van der Waals surface area (Å²) in [7, 11) is 1.48. The summed E-state index contributed by atoms with van der Waals surface area (Å²) in [6, 6.07) is 8.03. The number of alkyl carbamates (subject to hydrolysis) is 1. The SMILES string of the molecule is CNC(=O)COC(=O)NCCc1ccc2ccncc2c1. The van der Waals surface area contributed by atoms with Gasteiger partial charge in [-0.15, -0.1) is 0 Å². The summed E-state index contributed by atoms with van der Waals surface area (Å²) in [6.45, 7) is 0.169. The third-order valence-corrected chi connectivity index (χ3v) is 3.00. The lowest BCUT2D eigenvalue weighted by Gasteiger charge is -2.07. The van der Waals surface area contributed by atoms with E-state index in [1.54, 1.807) is 6.20 Å². The van der Waals surface area contributed by atoms with Crippen LogP contribution in [0.25, 0.3) is 10.8 Å². The minimum absolute atomic E-state index is 0.274. The van der Waals surface area contributed by atoms with Gasteiger partial charge in [0.2, 0.25) is 0 Å². The highest BCUT2D eigenvalue weighted by Gasteiger charge is 2.05. The smallest absolute Gasteiger partial charge is 0.407 e. The zero-order valence-corrected chi connectivity index (χ0v) is 11.8. The Labute approximate surface area is 122 Å². The topological polar surface area (TPSA) is 80.3 Å². The van der Waals surface area contributed by atoms with Crippen LogP contribution in [0.2, 0.25) is 0 Å². The number of hydrogen-bond donors (Lipinski definition) is 2. The molecule has 2 amide bonds. The van der Waals surface area contributed by atoms with Gasteiger partial charge >= 0.3 is 6.09 Å². The largest absolute Gasteiger partial charge is 0.439 e. The van der Waals surface area contributed by atoms with Crippen molar-refractivity contribution in [3.8, 4) is 0 Å². The molecule has 0 saturated heterocycles. The fraction of sp³-hybridized carbons (Fsp3) is 0.267. The van der Waals surface area contributed by atoms with Crippen molar-refractivity contribution in [1.82, 2.24) is 15.6 Å². The second-order valence-electron chi connectivity index (χ2n) is 4.48. The van der Waals surface area contributed by atoms with E-state index in [4.69, 9.17) is 4.74 Å². The van der Waals surface area contributed by atoms with Gasteiger partial charge in [0.25, 0.3) is 5.91 Å². The van der Waals surface area contributed by atoms with Crippen molar-refractivity contribution in [1.29, 1.82) is 0 Å². The number of ether oxygens (including phenoxy) is 1. The molecule has 0 aliphatic heterocycles. The first-order valence-corrected chi connectivity index (χ1v) is 6.63. The molecule has 0 radical (unpaired) electrons. The lowest BCUT2D eigenvalue weighted by Crippen LogP contribution is -2.31. The van der Waals surface area contributed by atoms with Crippen LogP contribution in [0.15, 0.2) is 36.7 Å². The van der Waals surface area contributed by atoms with Crippen LogP contribution in [0, 0.1) is 0 Å². The third-order valence-electron chi connectivity index (χ3n) is 3.00. The Kier molecular flexibility index (Phi) is 5.09. The number of benzene rings is 1. The molecule has 21 heavy (non-hydrogen) atoms. The maximum absolute atomic E-state index is 11.3. The number of rotatable bonds is 5. The molecule has 1 heterocycles. The van der Waals surface area contributed by atoms with E-state index in [1.807, 2.05) is 30.5 Å². The molecule has 2 rings (SSSR count). The molecule has 1 aromatic heterocycles. The number of amides is 2. The molecule has 6 nitrogen and oxygen atoms in total. The van der Waals surface area contributed by atoms with Crippen LogP contribution in [0.1, 0.15) is 5.56 Å². The van der Waals surface area contributed by atoms with E-state index in [0.717, 1.165) is 16.3 Å². The first-order valence-electron chi connectivity index (χ1n) is 6.63. The number of carbonyl (C=O) groups excluding carboxylic acids is 2. The van der Waals surface area contributed by atoms with E-state index in [9.17, 15) is 9.59 Å². The van der Waals surface area contributed by atoms with Crippen LogP contribution in [0.5, 0.6) is 0 Å². The lowest BCUT2D eigenvalue weighted by atomic mass is 10.1. The van der Waals surface area contributed by atoms with Crippen molar-refractivity contribution in [2.45, 2.75) is 6.42 Å². The number of likely N-dealkylation sites (N-methyl/N-ethyl adjacent to an activating group) is 1. The standard InChI is InChI=1S/C15H17N3O3/c1-16-14(19)10-21-15(20)18-7-4-11-2-3-12-5-6-17-9-13(12)8-11/h2-3,5-6,8-9H,4,7,10H2,1H3,(H,16,19)(H,18,20). The van der Waals surface area contributed by atoms with Crippen LogP contribution in [-0.2, 0) is 16.0 Å². The van der Waals surface area contributed by atoms with Crippen molar-refractivity contribution in [2.75, 3.05) is 20.2 Å². The fourth-order valence-electron chi connectivity index (χ4n) is 1.85. The summed E-state index contributed by atoms with van der Waals surface area (Å²) in [4.78, 5) is 26.3. The molecule has 0 fully saturated rings.